The van der Waals surface area contributed by atoms with Crippen LogP contribution in [0.5, 0.6) is 5.75 Å². The number of hydrogen-bond donors (Lipinski definition) is 0. The molecule has 0 saturated carbocycles. The molecule has 0 amide bonds. The maximum absolute atomic E-state index is 12.4. The number of thiophene rings is 1. The average molecular weight is 338 g/mol. The van der Waals surface area contributed by atoms with Gasteiger partial charge in [-0.05, 0) is 48.4 Å². The van der Waals surface area contributed by atoms with E-state index in [1.54, 1.807) is 7.11 Å². The maximum atomic E-state index is 12.4. The fourth-order valence-corrected chi connectivity index (χ4v) is 3.55. The molecular weight excluding hydrogens is 320 g/mol. The zero-order valence-electron chi connectivity index (χ0n) is 13.6. The Bertz CT molecular complexity index is 820. The summed E-state index contributed by atoms with van der Waals surface area (Å²) < 4.78 is 10.4. The smallest absolute Gasteiger partial charge is 0.348 e. The minimum atomic E-state index is -0.277. The predicted octanol–water partition coefficient (Wildman–Crippen LogP) is 5.27. The summed E-state index contributed by atoms with van der Waals surface area (Å²) in [4.78, 5) is 14.0. The van der Waals surface area contributed by atoms with Gasteiger partial charge in [0.05, 0.1) is 13.7 Å². The monoisotopic (exact) mass is 338 g/mol. The summed E-state index contributed by atoms with van der Waals surface area (Å²) in [5.41, 5.74) is 2.97. The third kappa shape index (κ3) is 3.34. The molecule has 2 aromatic carbocycles. The third-order valence-corrected chi connectivity index (χ3v) is 4.82. The summed E-state index contributed by atoms with van der Waals surface area (Å²) in [5, 5.41) is 0. The van der Waals surface area contributed by atoms with Crippen molar-refractivity contribution < 1.29 is 14.3 Å². The van der Waals surface area contributed by atoms with Gasteiger partial charge < -0.3 is 9.47 Å². The molecule has 1 aromatic heterocycles. The number of carbonyl (C=O) groups excluding carboxylic acids is 1. The highest BCUT2D eigenvalue weighted by Crippen LogP contribution is 2.38. The molecule has 0 fully saturated rings. The molecule has 24 heavy (non-hydrogen) atoms. The first-order valence-corrected chi connectivity index (χ1v) is 8.55. The summed E-state index contributed by atoms with van der Waals surface area (Å²) in [6.07, 6.45) is 0. The van der Waals surface area contributed by atoms with Gasteiger partial charge in [-0.25, -0.2) is 4.79 Å². The molecule has 0 saturated heterocycles. The molecule has 0 radical (unpaired) electrons. The van der Waals surface area contributed by atoms with E-state index in [1.807, 2.05) is 67.6 Å². The predicted molar refractivity (Wildman–Crippen MR) is 97.7 cm³/mol. The molecule has 0 unspecified atom stereocenters. The van der Waals surface area contributed by atoms with Crippen LogP contribution in [-0.2, 0) is 4.74 Å². The minimum Gasteiger partial charge on any atom is -0.497 e. The second kappa shape index (κ2) is 7.32. The Morgan fingerprint density at radius 2 is 1.71 bits per heavy atom. The van der Waals surface area contributed by atoms with E-state index in [9.17, 15) is 4.79 Å². The van der Waals surface area contributed by atoms with E-state index in [-0.39, 0.29) is 5.97 Å². The summed E-state index contributed by atoms with van der Waals surface area (Å²) in [7, 11) is 1.65. The lowest BCUT2D eigenvalue weighted by atomic mass is 10.0. The summed E-state index contributed by atoms with van der Waals surface area (Å²) in [6, 6.07) is 19.8. The number of hydrogen-bond acceptors (Lipinski definition) is 4. The van der Waals surface area contributed by atoms with Crippen LogP contribution in [0.2, 0.25) is 0 Å². The van der Waals surface area contributed by atoms with Crippen molar-refractivity contribution in [2.24, 2.45) is 0 Å². The second-order valence-electron chi connectivity index (χ2n) is 5.17. The van der Waals surface area contributed by atoms with E-state index < -0.39 is 0 Å². The normalized spacial score (nSPS) is 10.4. The van der Waals surface area contributed by atoms with Crippen molar-refractivity contribution in [3.63, 3.8) is 0 Å². The zero-order chi connectivity index (χ0) is 16.9. The van der Waals surface area contributed by atoms with Crippen LogP contribution in [-0.4, -0.2) is 19.7 Å². The fraction of sp³-hybridized carbons (Fsp3) is 0.150. The molecule has 4 heteroatoms. The molecule has 0 aliphatic rings. The Morgan fingerprint density at radius 3 is 2.33 bits per heavy atom. The molecule has 0 N–H and O–H groups in total. The van der Waals surface area contributed by atoms with Crippen molar-refractivity contribution in [2.45, 2.75) is 6.92 Å². The highest BCUT2D eigenvalue weighted by molar-refractivity contribution is 7.17. The number of methoxy groups -OCH3 is 1. The van der Waals surface area contributed by atoms with Gasteiger partial charge in [0.15, 0.2) is 0 Å². The topological polar surface area (TPSA) is 35.5 Å². The van der Waals surface area contributed by atoms with Gasteiger partial charge in [-0.1, -0.05) is 30.3 Å². The second-order valence-corrected chi connectivity index (χ2v) is 6.22. The van der Waals surface area contributed by atoms with Crippen LogP contribution in [0.4, 0.5) is 0 Å². The Labute approximate surface area is 145 Å². The van der Waals surface area contributed by atoms with Gasteiger partial charge in [-0.3, -0.25) is 0 Å². The molecule has 122 valence electrons. The number of carbonyl (C=O) groups is 1. The van der Waals surface area contributed by atoms with Crippen molar-refractivity contribution in [2.75, 3.05) is 13.7 Å². The average Bonchev–Trinajstić information content (AvgIpc) is 3.08. The SMILES string of the molecule is CCOC(=O)c1sc(-c2ccc(OC)cc2)cc1-c1ccccc1. The van der Waals surface area contributed by atoms with Gasteiger partial charge in [0.2, 0.25) is 0 Å². The van der Waals surface area contributed by atoms with Crippen LogP contribution in [0.15, 0.2) is 60.7 Å². The fourth-order valence-electron chi connectivity index (χ4n) is 2.47. The summed E-state index contributed by atoms with van der Waals surface area (Å²) in [6.45, 7) is 2.18. The summed E-state index contributed by atoms with van der Waals surface area (Å²) in [5.74, 6) is 0.533. The van der Waals surface area contributed by atoms with Crippen molar-refractivity contribution in [3.05, 3.63) is 65.5 Å². The molecule has 0 spiro atoms. The van der Waals surface area contributed by atoms with Gasteiger partial charge in [-0.15, -0.1) is 11.3 Å². The highest BCUT2D eigenvalue weighted by Gasteiger charge is 2.19. The lowest BCUT2D eigenvalue weighted by Gasteiger charge is -2.03. The number of esters is 1. The zero-order valence-corrected chi connectivity index (χ0v) is 14.4. The molecule has 0 aliphatic heterocycles. The first-order valence-electron chi connectivity index (χ1n) is 7.73. The third-order valence-electron chi connectivity index (χ3n) is 3.65. The molecular formula is C20H18O3S. The van der Waals surface area contributed by atoms with Crippen molar-refractivity contribution >= 4 is 17.3 Å². The van der Waals surface area contributed by atoms with E-state index in [4.69, 9.17) is 9.47 Å². The van der Waals surface area contributed by atoms with E-state index in [0.29, 0.717) is 11.5 Å². The van der Waals surface area contributed by atoms with Crippen LogP contribution in [0.1, 0.15) is 16.6 Å². The number of ether oxygens (including phenoxy) is 2. The first-order chi connectivity index (χ1) is 11.7. The van der Waals surface area contributed by atoms with Gasteiger partial charge in [0, 0.05) is 10.4 Å². The molecule has 3 nitrogen and oxygen atoms in total. The molecule has 3 rings (SSSR count). The van der Waals surface area contributed by atoms with Crippen LogP contribution in [0.3, 0.4) is 0 Å². The van der Waals surface area contributed by atoms with Crippen molar-refractivity contribution in [1.82, 2.24) is 0 Å². The van der Waals surface area contributed by atoms with Crippen molar-refractivity contribution in [3.8, 4) is 27.3 Å². The molecule has 1 heterocycles. The lowest BCUT2D eigenvalue weighted by Crippen LogP contribution is -2.03. The van der Waals surface area contributed by atoms with E-state index in [1.165, 1.54) is 11.3 Å². The molecule has 0 bridgehead atoms. The standard InChI is InChI=1S/C20H18O3S/c1-3-23-20(21)19-17(14-7-5-4-6-8-14)13-18(24-19)15-9-11-16(22-2)12-10-15/h4-13H,3H2,1-2H3. The number of benzene rings is 2. The Hall–Kier alpha value is -2.59. The van der Waals surface area contributed by atoms with Crippen LogP contribution >= 0.6 is 11.3 Å². The van der Waals surface area contributed by atoms with Gasteiger partial charge >= 0.3 is 5.97 Å². The van der Waals surface area contributed by atoms with E-state index in [0.717, 1.165) is 27.3 Å². The maximum Gasteiger partial charge on any atom is 0.348 e. The molecule has 3 aromatic rings. The first kappa shape index (κ1) is 16.3. The van der Waals surface area contributed by atoms with Gasteiger partial charge in [-0.2, -0.15) is 0 Å². The Balaban J connectivity index is 2.06. The number of rotatable bonds is 5. The van der Waals surface area contributed by atoms with Crippen LogP contribution in [0, 0.1) is 0 Å². The minimum absolute atomic E-state index is 0.277. The van der Waals surface area contributed by atoms with Crippen LogP contribution < -0.4 is 4.74 Å². The Morgan fingerprint density at radius 1 is 1.00 bits per heavy atom. The Kier molecular flexibility index (Phi) is 4.96. The van der Waals surface area contributed by atoms with E-state index >= 15 is 0 Å². The van der Waals surface area contributed by atoms with Crippen LogP contribution in [0.25, 0.3) is 21.6 Å². The van der Waals surface area contributed by atoms with Gasteiger partial charge in [0.25, 0.3) is 0 Å². The largest absolute Gasteiger partial charge is 0.497 e. The quantitative estimate of drug-likeness (QED) is 0.595. The lowest BCUT2D eigenvalue weighted by molar-refractivity contribution is 0.0533. The van der Waals surface area contributed by atoms with Gasteiger partial charge in [0.1, 0.15) is 10.6 Å². The highest BCUT2D eigenvalue weighted by atomic mass is 32.1. The van der Waals surface area contributed by atoms with Crippen molar-refractivity contribution in [1.29, 1.82) is 0 Å². The van der Waals surface area contributed by atoms with E-state index in [2.05, 4.69) is 0 Å². The molecule has 0 aliphatic carbocycles. The molecule has 0 atom stereocenters. The summed E-state index contributed by atoms with van der Waals surface area (Å²) >= 11 is 1.45.